The van der Waals surface area contributed by atoms with Crippen LogP contribution in [-0.2, 0) is 0 Å². The van der Waals surface area contributed by atoms with Gasteiger partial charge in [-0.2, -0.15) is 0 Å². The smallest absolute Gasteiger partial charge is 0.250 e. The number of primary amides is 1. The highest BCUT2D eigenvalue weighted by atomic mass is 35.5. The van der Waals surface area contributed by atoms with Gasteiger partial charge in [0.2, 0.25) is 5.91 Å². The summed E-state index contributed by atoms with van der Waals surface area (Å²) in [6.45, 7) is 1.95. The number of methoxy groups -OCH3 is 2. The number of hydrogen-bond donors (Lipinski definition) is 1. The van der Waals surface area contributed by atoms with E-state index < -0.39 is 5.91 Å². The van der Waals surface area contributed by atoms with Crippen LogP contribution < -0.4 is 15.2 Å². The van der Waals surface area contributed by atoms with Gasteiger partial charge in [-0.05, 0) is 30.7 Å². The van der Waals surface area contributed by atoms with Crippen LogP contribution in [0.1, 0.15) is 15.9 Å². The van der Waals surface area contributed by atoms with E-state index in [2.05, 4.69) is 4.98 Å². The lowest BCUT2D eigenvalue weighted by atomic mass is 10.2. The van der Waals surface area contributed by atoms with Gasteiger partial charge in [0.25, 0.3) is 0 Å². The highest BCUT2D eigenvalue weighted by Crippen LogP contribution is 2.39. The first-order chi connectivity index (χ1) is 10.5. The summed E-state index contributed by atoms with van der Waals surface area (Å²) in [6.07, 6.45) is 1.41. The highest BCUT2D eigenvalue weighted by molar-refractivity contribution is 7.99. The number of ether oxygens (including phenoxy) is 2. The number of nitrogens with two attached hydrogens (primary N) is 1. The number of halogens is 1. The molecule has 1 aromatic carbocycles. The Morgan fingerprint density at radius 2 is 1.86 bits per heavy atom. The molecule has 1 amide bonds. The molecule has 2 aromatic rings. The van der Waals surface area contributed by atoms with Crippen LogP contribution >= 0.6 is 23.4 Å². The molecule has 7 heteroatoms. The molecule has 0 atom stereocenters. The van der Waals surface area contributed by atoms with Gasteiger partial charge in [-0.3, -0.25) is 4.79 Å². The second-order valence-electron chi connectivity index (χ2n) is 4.45. The summed E-state index contributed by atoms with van der Waals surface area (Å²) in [5.41, 5.74) is 6.48. The van der Waals surface area contributed by atoms with Gasteiger partial charge in [0, 0.05) is 11.1 Å². The van der Waals surface area contributed by atoms with Crippen LogP contribution in [-0.4, -0.2) is 25.1 Å². The Kier molecular flexibility index (Phi) is 5.15. The maximum absolute atomic E-state index is 11.1. The van der Waals surface area contributed by atoms with Crippen LogP contribution in [0.3, 0.4) is 0 Å². The van der Waals surface area contributed by atoms with Crippen molar-refractivity contribution < 1.29 is 14.3 Å². The first-order valence-electron chi connectivity index (χ1n) is 6.32. The Balaban J connectivity index is 2.36. The summed E-state index contributed by atoms with van der Waals surface area (Å²) >= 11 is 7.54. The molecule has 0 aliphatic heterocycles. The first kappa shape index (κ1) is 16.5. The second kappa shape index (κ2) is 6.89. The van der Waals surface area contributed by atoms with Gasteiger partial charge >= 0.3 is 0 Å². The molecule has 22 heavy (non-hydrogen) atoms. The van der Waals surface area contributed by atoms with Crippen molar-refractivity contribution >= 4 is 29.3 Å². The third-order valence-electron chi connectivity index (χ3n) is 2.98. The standard InChI is InChI=1S/C15H15ClN2O3S/c1-8-4-11(20-2)12(21-3)6-13(8)22-15-10(16)5-9(7-18-15)14(17)19/h4-7H,1-3H3,(H2,17,19). The van der Waals surface area contributed by atoms with Gasteiger partial charge < -0.3 is 15.2 Å². The molecular formula is C15H15ClN2O3S. The van der Waals surface area contributed by atoms with Crippen molar-refractivity contribution in [1.29, 1.82) is 0 Å². The minimum absolute atomic E-state index is 0.276. The summed E-state index contributed by atoms with van der Waals surface area (Å²) in [7, 11) is 3.17. The van der Waals surface area contributed by atoms with Crippen LogP contribution in [0.2, 0.25) is 5.02 Å². The minimum atomic E-state index is -0.562. The number of rotatable bonds is 5. The third-order valence-corrected chi connectivity index (χ3v) is 4.56. The molecule has 0 aliphatic carbocycles. The molecule has 0 saturated carbocycles. The Morgan fingerprint density at radius 1 is 1.23 bits per heavy atom. The van der Waals surface area contributed by atoms with Crippen molar-refractivity contribution in [2.45, 2.75) is 16.8 Å². The largest absolute Gasteiger partial charge is 0.493 e. The molecule has 2 rings (SSSR count). The zero-order chi connectivity index (χ0) is 16.3. The predicted octanol–water partition coefficient (Wildman–Crippen LogP) is 3.31. The number of aryl methyl sites for hydroxylation is 1. The van der Waals surface area contributed by atoms with Gasteiger partial charge in [0.1, 0.15) is 5.03 Å². The molecule has 5 nitrogen and oxygen atoms in total. The second-order valence-corrected chi connectivity index (χ2v) is 5.89. The molecule has 0 radical (unpaired) electrons. The Labute approximate surface area is 137 Å². The van der Waals surface area contributed by atoms with Crippen LogP contribution in [0.25, 0.3) is 0 Å². The molecule has 1 aromatic heterocycles. The van der Waals surface area contributed by atoms with E-state index >= 15 is 0 Å². The van der Waals surface area contributed by atoms with Crippen molar-refractivity contribution in [2.75, 3.05) is 14.2 Å². The van der Waals surface area contributed by atoms with E-state index in [-0.39, 0.29) is 5.56 Å². The summed E-state index contributed by atoms with van der Waals surface area (Å²) in [5.74, 6) is 0.723. The van der Waals surface area contributed by atoms with E-state index in [1.54, 1.807) is 14.2 Å². The summed E-state index contributed by atoms with van der Waals surface area (Å²) in [4.78, 5) is 16.2. The van der Waals surface area contributed by atoms with Gasteiger partial charge in [0.15, 0.2) is 11.5 Å². The summed E-state index contributed by atoms with van der Waals surface area (Å²) in [6, 6.07) is 5.25. The van der Waals surface area contributed by atoms with Gasteiger partial charge in [-0.25, -0.2) is 4.98 Å². The van der Waals surface area contributed by atoms with E-state index in [0.29, 0.717) is 21.5 Å². The molecule has 1 heterocycles. The van der Waals surface area contributed by atoms with E-state index in [4.69, 9.17) is 26.8 Å². The molecule has 0 aliphatic rings. The Bertz CT molecular complexity index is 722. The topological polar surface area (TPSA) is 74.4 Å². The minimum Gasteiger partial charge on any atom is -0.493 e. The van der Waals surface area contributed by atoms with Gasteiger partial charge in [0.05, 0.1) is 24.8 Å². The van der Waals surface area contributed by atoms with Crippen LogP contribution in [0.5, 0.6) is 11.5 Å². The lowest BCUT2D eigenvalue weighted by molar-refractivity contribution is 0.1000. The lowest BCUT2D eigenvalue weighted by Crippen LogP contribution is -2.11. The van der Waals surface area contributed by atoms with Crippen LogP contribution in [0.4, 0.5) is 0 Å². The van der Waals surface area contributed by atoms with Crippen molar-refractivity contribution in [1.82, 2.24) is 4.98 Å². The summed E-state index contributed by atoms with van der Waals surface area (Å²) in [5, 5.41) is 0.956. The highest BCUT2D eigenvalue weighted by Gasteiger charge is 2.13. The third kappa shape index (κ3) is 3.45. The number of carbonyl (C=O) groups excluding carboxylic acids is 1. The first-order valence-corrected chi connectivity index (χ1v) is 7.51. The molecule has 0 fully saturated rings. The lowest BCUT2D eigenvalue weighted by Gasteiger charge is -2.12. The monoisotopic (exact) mass is 338 g/mol. The number of benzene rings is 1. The fourth-order valence-electron chi connectivity index (χ4n) is 1.81. The van der Waals surface area contributed by atoms with Crippen molar-refractivity contribution in [3.63, 3.8) is 0 Å². The number of carbonyl (C=O) groups is 1. The summed E-state index contributed by atoms with van der Waals surface area (Å²) < 4.78 is 10.6. The van der Waals surface area contributed by atoms with E-state index in [1.165, 1.54) is 24.0 Å². The molecular weight excluding hydrogens is 324 g/mol. The zero-order valence-corrected chi connectivity index (χ0v) is 13.9. The van der Waals surface area contributed by atoms with Gasteiger partial charge in [-0.1, -0.05) is 23.4 Å². The quantitative estimate of drug-likeness (QED) is 0.905. The number of amides is 1. The van der Waals surface area contributed by atoms with Crippen molar-refractivity contribution in [3.8, 4) is 11.5 Å². The number of nitrogens with zero attached hydrogens (tertiary/aromatic N) is 1. The molecule has 0 spiro atoms. The fraction of sp³-hybridized carbons (Fsp3) is 0.200. The molecule has 0 bridgehead atoms. The average molecular weight is 339 g/mol. The predicted molar refractivity (Wildman–Crippen MR) is 86.2 cm³/mol. The van der Waals surface area contributed by atoms with E-state index in [1.807, 2.05) is 19.1 Å². The molecule has 0 saturated heterocycles. The number of aromatic nitrogens is 1. The van der Waals surface area contributed by atoms with Crippen LogP contribution in [0.15, 0.2) is 34.3 Å². The van der Waals surface area contributed by atoms with E-state index in [0.717, 1.165) is 10.5 Å². The van der Waals surface area contributed by atoms with E-state index in [9.17, 15) is 4.79 Å². The Hall–Kier alpha value is -1.92. The number of pyridine rings is 1. The normalized spacial score (nSPS) is 10.4. The van der Waals surface area contributed by atoms with Gasteiger partial charge in [-0.15, -0.1) is 0 Å². The molecule has 0 unspecified atom stereocenters. The van der Waals surface area contributed by atoms with Crippen LogP contribution in [0, 0.1) is 6.92 Å². The van der Waals surface area contributed by atoms with Crippen molar-refractivity contribution in [2.24, 2.45) is 5.73 Å². The molecule has 2 N–H and O–H groups in total. The molecule has 116 valence electrons. The fourth-order valence-corrected chi connectivity index (χ4v) is 2.95. The maximum atomic E-state index is 11.1. The SMILES string of the molecule is COc1cc(C)c(Sc2ncc(C(N)=O)cc2Cl)cc1OC. The zero-order valence-electron chi connectivity index (χ0n) is 12.3. The number of hydrogen-bond acceptors (Lipinski definition) is 5. The maximum Gasteiger partial charge on any atom is 0.250 e. The average Bonchev–Trinajstić information content (AvgIpc) is 2.50. The van der Waals surface area contributed by atoms with Crippen molar-refractivity contribution in [3.05, 3.63) is 40.5 Å². The Morgan fingerprint density at radius 3 is 2.41 bits per heavy atom.